The highest BCUT2D eigenvalue weighted by molar-refractivity contribution is 5.86. The number of nitrogens with one attached hydrogen (secondary N) is 2. The zero-order valence-corrected chi connectivity index (χ0v) is 14.9. The highest BCUT2D eigenvalue weighted by Gasteiger charge is 2.21. The molecular formula is C23H21N3O. The van der Waals surface area contributed by atoms with Gasteiger partial charge in [0.2, 0.25) is 5.91 Å². The lowest BCUT2D eigenvalue weighted by Crippen LogP contribution is -2.30. The fourth-order valence-corrected chi connectivity index (χ4v) is 3.39. The van der Waals surface area contributed by atoms with Crippen LogP contribution >= 0.6 is 0 Å². The molecule has 0 bridgehead atoms. The van der Waals surface area contributed by atoms with Crippen molar-refractivity contribution in [2.75, 3.05) is 0 Å². The maximum Gasteiger partial charge on any atom is 0.228 e. The molecule has 4 nitrogen and oxygen atoms in total. The molecule has 1 amide bonds. The van der Waals surface area contributed by atoms with Crippen LogP contribution in [0.15, 0.2) is 85.3 Å². The number of para-hydroxylation sites is 1. The van der Waals surface area contributed by atoms with E-state index in [0.29, 0.717) is 13.0 Å². The molecule has 4 heteroatoms. The minimum absolute atomic E-state index is 0.0308. The van der Waals surface area contributed by atoms with Gasteiger partial charge >= 0.3 is 0 Å². The maximum atomic E-state index is 13.0. The van der Waals surface area contributed by atoms with Crippen molar-refractivity contribution in [2.24, 2.45) is 0 Å². The summed E-state index contributed by atoms with van der Waals surface area (Å²) in [6.45, 7) is 0.503. The number of nitrogens with zero attached hydrogens (tertiary/aromatic N) is 1. The first kappa shape index (κ1) is 17.0. The molecule has 4 rings (SSSR count). The Morgan fingerprint density at radius 1 is 0.963 bits per heavy atom. The first-order chi connectivity index (χ1) is 13.3. The molecule has 134 valence electrons. The lowest BCUT2D eigenvalue weighted by Gasteiger charge is -2.17. The molecular weight excluding hydrogens is 334 g/mol. The fraction of sp³-hybridized carbons (Fsp3) is 0.130. The zero-order chi connectivity index (χ0) is 18.5. The van der Waals surface area contributed by atoms with Crippen molar-refractivity contribution in [3.05, 3.63) is 102 Å². The number of amides is 1. The van der Waals surface area contributed by atoms with Gasteiger partial charge in [-0.05, 0) is 41.3 Å². The van der Waals surface area contributed by atoms with Gasteiger partial charge in [0.05, 0.1) is 5.92 Å². The van der Waals surface area contributed by atoms with Gasteiger partial charge in [-0.15, -0.1) is 0 Å². The highest BCUT2D eigenvalue weighted by Crippen LogP contribution is 2.22. The van der Waals surface area contributed by atoms with E-state index in [2.05, 4.69) is 21.4 Å². The number of fused-ring (bicyclic) bond motifs is 1. The normalized spacial score (nSPS) is 12.0. The van der Waals surface area contributed by atoms with E-state index in [9.17, 15) is 4.79 Å². The van der Waals surface area contributed by atoms with E-state index in [1.807, 2.05) is 66.9 Å². The summed E-state index contributed by atoms with van der Waals surface area (Å²) in [6, 6.07) is 22.0. The lowest BCUT2D eigenvalue weighted by atomic mass is 9.91. The average molecular weight is 355 g/mol. The third kappa shape index (κ3) is 3.90. The second-order valence-corrected chi connectivity index (χ2v) is 6.60. The number of aromatic amines is 1. The predicted molar refractivity (Wildman–Crippen MR) is 107 cm³/mol. The molecule has 0 spiro atoms. The Morgan fingerprint density at radius 3 is 2.52 bits per heavy atom. The molecule has 0 aliphatic rings. The molecule has 1 atom stereocenters. The molecule has 27 heavy (non-hydrogen) atoms. The first-order valence-electron chi connectivity index (χ1n) is 9.08. The van der Waals surface area contributed by atoms with E-state index in [-0.39, 0.29) is 11.8 Å². The molecule has 0 saturated heterocycles. The quantitative estimate of drug-likeness (QED) is 0.544. The minimum Gasteiger partial charge on any atom is -0.361 e. The van der Waals surface area contributed by atoms with Crippen LogP contribution in [0.4, 0.5) is 0 Å². The number of hydrogen-bond donors (Lipinski definition) is 2. The van der Waals surface area contributed by atoms with Gasteiger partial charge in [-0.2, -0.15) is 0 Å². The van der Waals surface area contributed by atoms with E-state index in [0.717, 1.165) is 27.6 Å². The molecule has 4 aromatic rings. The number of benzene rings is 2. The van der Waals surface area contributed by atoms with Crippen LogP contribution in [-0.2, 0) is 17.8 Å². The third-order valence-corrected chi connectivity index (χ3v) is 4.84. The Kier molecular flexibility index (Phi) is 4.97. The molecule has 2 N–H and O–H groups in total. The topological polar surface area (TPSA) is 57.8 Å². The summed E-state index contributed by atoms with van der Waals surface area (Å²) in [5.41, 5.74) is 4.29. The third-order valence-electron chi connectivity index (χ3n) is 4.84. The van der Waals surface area contributed by atoms with E-state index in [1.165, 1.54) is 0 Å². The summed E-state index contributed by atoms with van der Waals surface area (Å²) in [6.07, 6.45) is 6.14. The molecule has 0 aliphatic heterocycles. The Bertz CT molecular complexity index is 1030. The predicted octanol–water partition coefficient (Wildman–Crippen LogP) is 4.21. The molecule has 0 fully saturated rings. The van der Waals surface area contributed by atoms with Crippen molar-refractivity contribution in [3.63, 3.8) is 0 Å². The van der Waals surface area contributed by atoms with E-state index < -0.39 is 0 Å². The second kappa shape index (κ2) is 7.87. The number of carbonyl (C=O) groups excluding carboxylic acids is 1. The van der Waals surface area contributed by atoms with Crippen molar-refractivity contribution < 1.29 is 4.79 Å². The minimum atomic E-state index is -0.237. The van der Waals surface area contributed by atoms with Crippen LogP contribution in [0, 0.1) is 0 Å². The highest BCUT2D eigenvalue weighted by atomic mass is 16.1. The summed E-state index contributed by atoms with van der Waals surface area (Å²) < 4.78 is 0. The molecule has 0 aliphatic carbocycles. The molecule has 0 saturated carbocycles. The maximum absolute atomic E-state index is 13.0. The van der Waals surface area contributed by atoms with Crippen molar-refractivity contribution in [3.8, 4) is 0 Å². The van der Waals surface area contributed by atoms with E-state index in [4.69, 9.17) is 0 Å². The van der Waals surface area contributed by atoms with Crippen molar-refractivity contribution >= 4 is 16.8 Å². The summed E-state index contributed by atoms with van der Waals surface area (Å²) in [4.78, 5) is 20.4. The van der Waals surface area contributed by atoms with Gasteiger partial charge in [0.25, 0.3) is 0 Å². The monoisotopic (exact) mass is 355 g/mol. The Morgan fingerprint density at radius 2 is 1.70 bits per heavy atom. The van der Waals surface area contributed by atoms with Gasteiger partial charge < -0.3 is 10.3 Å². The Labute approximate surface area is 158 Å². The van der Waals surface area contributed by atoms with Crippen LogP contribution in [0.25, 0.3) is 10.9 Å². The number of aromatic nitrogens is 2. The molecule has 0 radical (unpaired) electrons. The van der Waals surface area contributed by atoms with Gasteiger partial charge in [-0.1, -0.05) is 48.5 Å². The van der Waals surface area contributed by atoms with Crippen LogP contribution in [0.5, 0.6) is 0 Å². The molecule has 2 aromatic carbocycles. The standard InChI is InChI=1S/C23H21N3O/c27-23(26-16-19-15-25-22-9-5-4-8-20(19)22)21(18-6-2-1-3-7-18)14-17-10-12-24-13-11-17/h1-13,15,21,25H,14,16H2,(H,26,27). The van der Waals surface area contributed by atoms with Crippen molar-refractivity contribution in [1.82, 2.24) is 15.3 Å². The lowest BCUT2D eigenvalue weighted by molar-refractivity contribution is -0.122. The summed E-state index contributed by atoms with van der Waals surface area (Å²) in [7, 11) is 0. The van der Waals surface area contributed by atoms with Gasteiger partial charge in [-0.25, -0.2) is 0 Å². The summed E-state index contributed by atoms with van der Waals surface area (Å²) >= 11 is 0. The number of H-pyrrole nitrogens is 1. The van der Waals surface area contributed by atoms with Gasteiger partial charge in [0, 0.05) is 36.0 Å². The smallest absolute Gasteiger partial charge is 0.228 e. The zero-order valence-electron chi connectivity index (χ0n) is 14.9. The number of hydrogen-bond acceptors (Lipinski definition) is 2. The van der Waals surface area contributed by atoms with Gasteiger partial charge in [0.1, 0.15) is 0 Å². The Hall–Kier alpha value is -3.40. The number of rotatable bonds is 6. The first-order valence-corrected chi connectivity index (χ1v) is 9.08. The SMILES string of the molecule is O=C(NCc1c[nH]c2ccccc12)C(Cc1ccncc1)c1ccccc1. The number of pyridine rings is 1. The van der Waals surface area contributed by atoms with Crippen LogP contribution in [0.3, 0.4) is 0 Å². The van der Waals surface area contributed by atoms with Crippen molar-refractivity contribution in [1.29, 1.82) is 0 Å². The largest absolute Gasteiger partial charge is 0.361 e. The summed E-state index contributed by atoms with van der Waals surface area (Å²) in [5.74, 6) is -0.206. The molecule has 2 aromatic heterocycles. The van der Waals surface area contributed by atoms with E-state index in [1.54, 1.807) is 12.4 Å². The molecule has 1 unspecified atom stereocenters. The fourth-order valence-electron chi connectivity index (χ4n) is 3.39. The second-order valence-electron chi connectivity index (χ2n) is 6.60. The Balaban J connectivity index is 1.53. The van der Waals surface area contributed by atoms with Crippen LogP contribution in [0.2, 0.25) is 0 Å². The van der Waals surface area contributed by atoms with Gasteiger partial charge in [0.15, 0.2) is 0 Å². The number of carbonyl (C=O) groups is 1. The van der Waals surface area contributed by atoms with E-state index >= 15 is 0 Å². The van der Waals surface area contributed by atoms with Crippen LogP contribution < -0.4 is 5.32 Å². The van der Waals surface area contributed by atoms with Crippen LogP contribution in [0.1, 0.15) is 22.6 Å². The summed E-state index contributed by atoms with van der Waals surface area (Å²) in [5, 5.41) is 4.26. The van der Waals surface area contributed by atoms with Gasteiger partial charge in [-0.3, -0.25) is 9.78 Å². The molecule has 2 heterocycles. The average Bonchev–Trinajstić information content (AvgIpc) is 3.15. The van der Waals surface area contributed by atoms with Crippen LogP contribution in [-0.4, -0.2) is 15.9 Å². The van der Waals surface area contributed by atoms with Crippen molar-refractivity contribution in [2.45, 2.75) is 18.9 Å².